The monoisotopic (exact) mass is 369 g/mol. The Morgan fingerprint density at radius 1 is 1.33 bits per heavy atom. The summed E-state index contributed by atoms with van der Waals surface area (Å²) in [5.74, 6) is -1.14. The number of carbonyl (C=O) groups is 2. The zero-order chi connectivity index (χ0) is 15.2. The molecule has 0 spiro atoms. The van der Waals surface area contributed by atoms with Crippen molar-refractivity contribution in [1.82, 2.24) is 5.32 Å². The lowest BCUT2D eigenvalue weighted by Gasteiger charge is -2.13. The van der Waals surface area contributed by atoms with E-state index in [2.05, 4.69) is 21.2 Å². The highest BCUT2D eigenvalue weighted by Crippen LogP contribution is 2.25. The number of carbonyl (C=O) groups excluding carboxylic acids is 1. The molecule has 0 fully saturated rings. The quantitative estimate of drug-likeness (QED) is 0.844. The van der Waals surface area contributed by atoms with E-state index in [0.29, 0.717) is 5.56 Å². The summed E-state index contributed by atoms with van der Waals surface area (Å²) in [6, 6.07) is 9.68. The van der Waals surface area contributed by atoms with Crippen LogP contribution < -0.4 is 5.32 Å². The van der Waals surface area contributed by atoms with Gasteiger partial charge in [0.25, 0.3) is 0 Å². The van der Waals surface area contributed by atoms with Crippen molar-refractivity contribution >= 4 is 39.3 Å². The Balaban J connectivity index is 1.94. The Kier molecular flexibility index (Phi) is 5.35. The third-order valence-electron chi connectivity index (χ3n) is 2.64. The molecular formula is C14H12BrNO4S. The maximum absolute atomic E-state index is 11.7. The first-order valence-electron chi connectivity index (χ1n) is 6.00. The van der Waals surface area contributed by atoms with E-state index in [4.69, 9.17) is 4.74 Å². The molecule has 2 rings (SSSR count). The molecule has 0 saturated carbocycles. The Morgan fingerprint density at radius 3 is 2.62 bits per heavy atom. The number of benzene rings is 1. The Morgan fingerprint density at radius 2 is 2.05 bits per heavy atom. The van der Waals surface area contributed by atoms with E-state index in [1.165, 1.54) is 11.3 Å². The minimum Gasteiger partial charge on any atom is -0.479 e. The highest BCUT2D eigenvalue weighted by Gasteiger charge is 2.23. The van der Waals surface area contributed by atoms with Gasteiger partial charge in [0.05, 0.1) is 3.79 Å². The molecular weight excluding hydrogens is 358 g/mol. The summed E-state index contributed by atoms with van der Waals surface area (Å²) in [5.41, 5.74) is 1.33. The standard InChI is InChI=1S/C14H12BrNO4S/c15-11-6-10(8-21-11)12(13(17)18)16-14(19)20-7-9-4-2-1-3-5-9/h1-6,8,12H,7H2,(H,16,19)(H,17,18). The molecule has 2 aromatic rings. The van der Waals surface area contributed by atoms with Crippen molar-refractivity contribution in [1.29, 1.82) is 0 Å². The lowest BCUT2D eigenvalue weighted by atomic mass is 10.1. The number of amides is 1. The molecule has 1 aromatic carbocycles. The Labute approximate surface area is 133 Å². The van der Waals surface area contributed by atoms with E-state index in [1.807, 2.05) is 30.3 Å². The summed E-state index contributed by atoms with van der Waals surface area (Å²) in [7, 11) is 0. The number of nitrogens with one attached hydrogen (secondary N) is 1. The summed E-state index contributed by atoms with van der Waals surface area (Å²) in [5, 5.41) is 13.2. The number of carboxylic acid groups (broad SMARTS) is 1. The first-order chi connectivity index (χ1) is 10.1. The SMILES string of the molecule is O=C(NC(C(=O)O)c1csc(Br)c1)OCc1ccccc1. The summed E-state index contributed by atoms with van der Waals surface area (Å²) >= 11 is 4.61. The van der Waals surface area contributed by atoms with Crippen LogP contribution in [0.4, 0.5) is 4.79 Å². The van der Waals surface area contributed by atoms with Gasteiger partial charge < -0.3 is 15.2 Å². The first-order valence-corrected chi connectivity index (χ1v) is 7.67. The van der Waals surface area contributed by atoms with E-state index >= 15 is 0 Å². The van der Waals surface area contributed by atoms with Gasteiger partial charge >= 0.3 is 12.1 Å². The molecule has 21 heavy (non-hydrogen) atoms. The Hall–Kier alpha value is -1.86. The highest BCUT2D eigenvalue weighted by atomic mass is 79.9. The molecule has 1 atom stereocenters. The molecule has 0 aliphatic carbocycles. The number of halogens is 1. The lowest BCUT2D eigenvalue weighted by Crippen LogP contribution is -2.33. The number of rotatable bonds is 5. The second-order valence-corrected chi connectivity index (χ2v) is 6.45. The molecule has 0 radical (unpaired) electrons. The number of alkyl carbamates (subject to hydrolysis) is 1. The van der Waals surface area contributed by atoms with Crippen LogP contribution >= 0.6 is 27.3 Å². The van der Waals surface area contributed by atoms with Crippen LogP contribution in [0.15, 0.2) is 45.6 Å². The van der Waals surface area contributed by atoms with Crippen LogP contribution in [0.25, 0.3) is 0 Å². The van der Waals surface area contributed by atoms with Crippen LogP contribution in [0.2, 0.25) is 0 Å². The average Bonchev–Trinajstić information content (AvgIpc) is 2.89. The maximum atomic E-state index is 11.7. The van der Waals surface area contributed by atoms with Gasteiger partial charge in [-0.1, -0.05) is 30.3 Å². The van der Waals surface area contributed by atoms with Gasteiger partial charge in [-0.3, -0.25) is 0 Å². The molecule has 0 saturated heterocycles. The first kappa shape index (κ1) is 15.5. The Bertz CT molecular complexity index is 629. The fourth-order valence-corrected chi connectivity index (χ4v) is 2.85. The van der Waals surface area contributed by atoms with Crippen LogP contribution in [-0.4, -0.2) is 17.2 Å². The fourth-order valence-electron chi connectivity index (χ4n) is 1.65. The van der Waals surface area contributed by atoms with Gasteiger partial charge in [-0.25, -0.2) is 9.59 Å². The van der Waals surface area contributed by atoms with E-state index in [9.17, 15) is 14.7 Å². The lowest BCUT2D eigenvalue weighted by molar-refractivity contribution is -0.139. The van der Waals surface area contributed by atoms with Crippen molar-refractivity contribution in [2.75, 3.05) is 0 Å². The molecule has 0 aliphatic heterocycles. The molecule has 110 valence electrons. The molecule has 1 unspecified atom stereocenters. The van der Waals surface area contributed by atoms with Crippen molar-refractivity contribution in [2.45, 2.75) is 12.6 Å². The number of ether oxygens (including phenoxy) is 1. The smallest absolute Gasteiger partial charge is 0.408 e. The van der Waals surface area contributed by atoms with E-state index in [0.717, 1.165) is 9.35 Å². The van der Waals surface area contributed by atoms with Crippen molar-refractivity contribution in [3.63, 3.8) is 0 Å². The van der Waals surface area contributed by atoms with Crippen LogP contribution in [0.1, 0.15) is 17.2 Å². The zero-order valence-electron chi connectivity index (χ0n) is 10.8. The van der Waals surface area contributed by atoms with Crippen molar-refractivity contribution < 1.29 is 19.4 Å². The van der Waals surface area contributed by atoms with Crippen LogP contribution in [0, 0.1) is 0 Å². The minimum absolute atomic E-state index is 0.0896. The normalized spacial score (nSPS) is 11.7. The number of thiophene rings is 1. The highest BCUT2D eigenvalue weighted by molar-refractivity contribution is 9.11. The summed E-state index contributed by atoms with van der Waals surface area (Å²) in [6.45, 7) is 0.0896. The van der Waals surface area contributed by atoms with Crippen LogP contribution in [0.3, 0.4) is 0 Å². The van der Waals surface area contributed by atoms with Crippen molar-refractivity contribution in [2.24, 2.45) is 0 Å². The average molecular weight is 370 g/mol. The molecule has 7 heteroatoms. The largest absolute Gasteiger partial charge is 0.479 e. The van der Waals surface area contributed by atoms with Gasteiger partial charge in [0.2, 0.25) is 0 Å². The summed E-state index contributed by atoms with van der Waals surface area (Å²) in [6.07, 6.45) is -0.770. The van der Waals surface area contributed by atoms with E-state index < -0.39 is 18.1 Å². The number of carboxylic acids is 1. The molecule has 1 aromatic heterocycles. The van der Waals surface area contributed by atoms with Gasteiger partial charge in [-0.05, 0) is 38.5 Å². The second kappa shape index (κ2) is 7.24. The van der Waals surface area contributed by atoms with Gasteiger partial charge in [0.15, 0.2) is 6.04 Å². The predicted octanol–water partition coefficient (Wildman–Crippen LogP) is 3.56. The van der Waals surface area contributed by atoms with Gasteiger partial charge in [0.1, 0.15) is 6.61 Å². The molecule has 0 bridgehead atoms. The minimum atomic E-state index is -1.14. The second-order valence-electron chi connectivity index (χ2n) is 4.16. The summed E-state index contributed by atoms with van der Waals surface area (Å²) < 4.78 is 5.81. The van der Waals surface area contributed by atoms with Crippen LogP contribution in [0.5, 0.6) is 0 Å². The predicted molar refractivity (Wildman–Crippen MR) is 82.2 cm³/mol. The zero-order valence-corrected chi connectivity index (χ0v) is 13.2. The number of hydrogen-bond acceptors (Lipinski definition) is 4. The molecule has 2 N–H and O–H groups in total. The summed E-state index contributed by atoms with van der Waals surface area (Å²) in [4.78, 5) is 22.9. The molecule has 5 nitrogen and oxygen atoms in total. The third-order valence-corrected chi connectivity index (χ3v) is 4.17. The topological polar surface area (TPSA) is 75.6 Å². The van der Waals surface area contributed by atoms with Crippen molar-refractivity contribution in [3.05, 3.63) is 56.7 Å². The van der Waals surface area contributed by atoms with E-state index in [1.54, 1.807) is 11.4 Å². The maximum Gasteiger partial charge on any atom is 0.408 e. The molecule has 0 aliphatic rings. The molecule has 1 heterocycles. The molecule has 1 amide bonds. The van der Waals surface area contributed by atoms with Crippen molar-refractivity contribution in [3.8, 4) is 0 Å². The fraction of sp³-hybridized carbons (Fsp3) is 0.143. The van der Waals surface area contributed by atoms with Gasteiger partial charge in [-0.2, -0.15) is 0 Å². The van der Waals surface area contributed by atoms with E-state index in [-0.39, 0.29) is 6.61 Å². The number of aliphatic carboxylic acids is 1. The van der Waals surface area contributed by atoms with Gasteiger partial charge in [-0.15, -0.1) is 11.3 Å². The third kappa shape index (κ3) is 4.57. The van der Waals surface area contributed by atoms with Gasteiger partial charge in [0, 0.05) is 0 Å². The van der Waals surface area contributed by atoms with Crippen LogP contribution in [-0.2, 0) is 16.1 Å². The number of hydrogen-bond donors (Lipinski definition) is 2.